The van der Waals surface area contributed by atoms with Crippen molar-refractivity contribution >= 4 is 43.9 Å². The summed E-state index contributed by atoms with van der Waals surface area (Å²) in [5, 5.41) is 4.35. The SMILES string of the molecule is C[n+]1[c-]c(-c2cccc3c2oc2cc4c(cc23)oc2ccccc24)ccc1. The smallest absolute Gasteiger partial charge is 0.153 e. The lowest BCUT2D eigenvalue weighted by atomic mass is 10.0. The van der Waals surface area contributed by atoms with Crippen molar-refractivity contribution in [3.05, 3.63) is 79.1 Å². The second kappa shape index (κ2) is 5.21. The third-order valence-electron chi connectivity index (χ3n) is 5.16. The molecule has 0 aliphatic carbocycles. The van der Waals surface area contributed by atoms with Gasteiger partial charge in [-0.25, -0.2) is 0 Å². The van der Waals surface area contributed by atoms with Crippen molar-refractivity contribution in [1.82, 2.24) is 0 Å². The van der Waals surface area contributed by atoms with Gasteiger partial charge in [0.1, 0.15) is 29.4 Å². The summed E-state index contributed by atoms with van der Waals surface area (Å²) in [7, 11) is 1.97. The summed E-state index contributed by atoms with van der Waals surface area (Å²) in [6, 6.07) is 22.6. The Labute approximate surface area is 155 Å². The van der Waals surface area contributed by atoms with Crippen LogP contribution < -0.4 is 4.57 Å². The van der Waals surface area contributed by atoms with Gasteiger partial charge in [0.05, 0.1) is 6.20 Å². The van der Waals surface area contributed by atoms with Gasteiger partial charge in [0.25, 0.3) is 0 Å². The molecule has 0 saturated carbocycles. The van der Waals surface area contributed by atoms with Crippen molar-refractivity contribution in [1.29, 1.82) is 0 Å². The number of rotatable bonds is 1. The zero-order valence-corrected chi connectivity index (χ0v) is 14.7. The first-order chi connectivity index (χ1) is 13.3. The van der Waals surface area contributed by atoms with Gasteiger partial charge in [-0.2, -0.15) is 0 Å². The minimum Gasteiger partial charge on any atom is -0.465 e. The van der Waals surface area contributed by atoms with Crippen molar-refractivity contribution < 1.29 is 13.4 Å². The molecule has 3 aromatic heterocycles. The summed E-state index contributed by atoms with van der Waals surface area (Å²) in [5.74, 6) is 0. The molecule has 27 heavy (non-hydrogen) atoms. The fourth-order valence-electron chi connectivity index (χ4n) is 3.91. The quantitative estimate of drug-likeness (QED) is 0.278. The fraction of sp³-hybridized carbons (Fsp3) is 0.0417. The van der Waals surface area contributed by atoms with Crippen LogP contribution in [0.4, 0.5) is 0 Å². The Hall–Kier alpha value is -3.59. The number of hydrogen-bond acceptors (Lipinski definition) is 2. The Kier molecular flexibility index (Phi) is 2.81. The van der Waals surface area contributed by atoms with E-state index >= 15 is 0 Å². The van der Waals surface area contributed by atoms with Gasteiger partial charge >= 0.3 is 0 Å². The molecule has 0 radical (unpaired) electrons. The van der Waals surface area contributed by atoms with E-state index < -0.39 is 0 Å². The molecule has 3 heteroatoms. The molecule has 0 aliphatic heterocycles. The van der Waals surface area contributed by atoms with Gasteiger partial charge in [-0.15, -0.1) is 6.07 Å². The highest BCUT2D eigenvalue weighted by atomic mass is 16.3. The van der Waals surface area contributed by atoms with E-state index in [9.17, 15) is 0 Å². The maximum absolute atomic E-state index is 6.33. The summed E-state index contributed by atoms with van der Waals surface area (Å²) in [5.41, 5.74) is 5.59. The molecule has 3 aromatic carbocycles. The zero-order chi connectivity index (χ0) is 18.0. The van der Waals surface area contributed by atoms with E-state index in [-0.39, 0.29) is 0 Å². The summed E-state index contributed by atoms with van der Waals surface area (Å²) in [6.07, 6.45) is 5.32. The van der Waals surface area contributed by atoms with E-state index in [1.165, 1.54) is 0 Å². The van der Waals surface area contributed by atoms with Gasteiger partial charge in [-0.1, -0.05) is 53.6 Å². The average Bonchev–Trinajstić information content (AvgIpc) is 3.23. The van der Waals surface area contributed by atoms with Gasteiger partial charge in [0, 0.05) is 21.5 Å². The lowest BCUT2D eigenvalue weighted by molar-refractivity contribution is -0.675. The number of benzene rings is 3. The highest BCUT2D eigenvalue weighted by molar-refractivity contribution is 6.16. The number of fused-ring (bicyclic) bond motifs is 6. The molecule has 128 valence electrons. The highest BCUT2D eigenvalue weighted by Gasteiger charge is 2.14. The molecule has 0 fully saturated rings. The van der Waals surface area contributed by atoms with E-state index in [0.717, 1.165) is 55.0 Å². The average molecular weight is 349 g/mol. The monoisotopic (exact) mass is 349 g/mol. The normalized spacial score (nSPS) is 11.9. The number of hydrogen-bond donors (Lipinski definition) is 0. The van der Waals surface area contributed by atoms with Crippen LogP contribution in [0.1, 0.15) is 0 Å². The van der Waals surface area contributed by atoms with Crippen LogP contribution in [-0.4, -0.2) is 0 Å². The Morgan fingerprint density at radius 1 is 0.704 bits per heavy atom. The Balaban J connectivity index is 1.71. The van der Waals surface area contributed by atoms with Gasteiger partial charge in [0.15, 0.2) is 6.20 Å². The lowest BCUT2D eigenvalue weighted by Gasteiger charge is -2.07. The minimum atomic E-state index is 0.872. The number of nitrogens with zero attached hydrogens (tertiary/aromatic N) is 1. The Bertz CT molecular complexity index is 1490. The number of furan rings is 2. The van der Waals surface area contributed by atoms with Gasteiger partial charge < -0.3 is 8.83 Å². The molecule has 0 spiro atoms. The van der Waals surface area contributed by atoms with Crippen molar-refractivity contribution in [3.8, 4) is 11.1 Å². The van der Waals surface area contributed by atoms with Crippen molar-refractivity contribution in [2.24, 2.45) is 7.05 Å². The van der Waals surface area contributed by atoms with Crippen LogP contribution in [0, 0.1) is 6.20 Å². The van der Waals surface area contributed by atoms with Gasteiger partial charge in [-0.05, 0) is 18.2 Å². The number of para-hydroxylation sites is 2. The third-order valence-corrected chi connectivity index (χ3v) is 5.16. The molecule has 0 bridgehead atoms. The van der Waals surface area contributed by atoms with Crippen molar-refractivity contribution in [2.75, 3.05) is 0 Å². The molecule has 0 atom stereocenters. The molecule has 0 N–H and O–H groups in total. The summed E-state index contributed by atoms with van der Waals surface area (Å²) in [4.78, 5) is 0. The first kappa shape index (κ1) is 14.6. The van der Waals surface area contributed by atoms with Crippen LogP contribution in [-0.2, 0) is 7.05 Å². The first-order valence-electron chi connectivity index (χ1n) is 8.93. The predicted octanol–water partition coefficient (Wildman–Crippen LogP) is 5.78. The first-order valence-corrected chi connectivity index (χ1v) is 8.93. The number of pyridine rings is 1. The zero-order valence-electron chi connectivity index (χ0n) is 14.7. The second-order valence-corrected chi connectivity index (χ2v) is 6.87. The second-order valence-electron chi connectivity index (χ2n) is 6.87. The van der Waals surface area contributed by atoms with Crippen LogP contribution in [0.15, 0.2) is 81.8 Å². The molecular formula is C24H15NO2. The van der Waals surface area contributed by atoms with E-state index in [1.807, 2.05) is 42.1 Å². The summed E-state index contributed by atoms with van der Waals surface area (Å²) >= 11 is 0. The van der Waals surface area contributed by atoms with Crippen LogP contribution in [0.5, 0.6) is 0 Å². The summed E-state index contributed by atoms with van der Waals surface area (Å²) < 4.78 is 14.3. The molecule has 6 rings (SSSR count). The van der Waals surface area contributed by atoms with E-state index in [4.69, 9.17) is 8.83 Å². The fourth-order valence-corrected chi connectivity index (χ4v) is 3.91. The van der Waals surface area contributed by atoms with E-state index in [2.05, 4.69) is 48.7 Å². The maximum Gasteiger partial charge on any atom is 0.153 e. The van der Waals surface area contributed by atoms with Gasteiger partial charge in [0.2, 0.25) is 0 Å². The molecule has 0 unspecified atom stereocenters. The molecular weight excluding hydrogens is 334 g/mol. The molecule has 3 heterocycles. The van der Waals surface area contributed by atoms with E-state index in [0.29, 0.717) is 0 Å². The number of aryl methyl sites for hydroxylation is 1. The largest absolute Gasteiger partial charge is 0.465 e. The van der Waals surface area contributed by atoms with Crippen molar-refractivity contribution in [3.63, 3.8) is 0 Å². The van der Waals surface area contributed by atoms with Gasteiger partial charge in [-0.3, -0.25) is 4.57 Å². The topological polar surface area (TPSA) is 30.2 Å². The standard InChI is InChI=1S/C24H15NO2/c1-25-11-5-6-15(14-25)16-8-4-9-18-20-13-22-19(12-23(20)27-24(16)18)17-7-2-3-10-21(17)26-22/h2-13H,1H3. The van der Waals surface area contributed by atoms with Crippen LogP contribution in [0.2, 0.25) is 0 Å². The lowest BCUT2D eigenvalue weighted by Crippen LogP contribution is -2.26. The highest BCUT2D eigenvalue weighted by Crippen LogP contribution is 2.39. The molecule has 0 aliphatic rings. The molecule has 0 saturated heterocycles. The predicted molar refractivity (Wildman–Crippen MR) is 106 cm³/mol. The van der Waals surface area contributed by atoms with Crippen LogP contribution in [0.3, 0.4) is 0 Å². The minimum absolute atomic E-state index is 0.872. The Morgan fingerprint density at radius 3 is 2.37 bits per heavy atom. The summed E-state index contributed by atoms with van der Waals surface area (Å²) in [6.45, 7) is 0. The van der Waals surface area contributed by atoms with E-state index in [1.54, 1.807) is 0 Å². The maximum atomic E-state index is 6.33. The number of aromatic nitrogens is 1. The molecule has 0 amide bonds. The molecule has 3 nitrogen and oxygen atoms in total. The molecule has 6 aromatic rings. The van der Waals surface area contributed by atoms with Crippen LogP contribution in [0.25, 0.3) is 55.0 Å². The van der Waals surface area contributed by atoms with Crippen molar-refractivity contribution in [2.45, 2.75) is 0 Å². The third kappa shape index (κ3) is 2.05. The van der Waals surface area contributed by atoms with Crippen LogP contribution >= 0.6 is 0 Å². The Morgan fingerprint density at radius 2 is 1.48 bits per heavy atom.